The topological polar surface area (TPSA) is 95.6 Å². The number of imidazole rings is 1. The third-order valence-electron chi connectivity index (χ3n) is 6.37. The molecule has 0 bridgehead atoms. The molecule has 7 nitrogen and oxygen atoms in total. The lowest BCUT2D eigenvalue weighted by Crippen LogP contribution is -2.23. The average molecular weight is 458 g/mol. The predicted octanol–water partition coefficient (Wildman–Crippen LogP) is 5.07. The standard InChI is InChI=1S/C28H23N7/c1-18-5-7-19(8-6-18)20-9-11-23-22(13-20)26-24(15-31-23)34(4)27(33-17-30)35(26)21-10-12-25(32-14-21)28(2,3)16-29/h5-15H,1-4H3. The van der Waals surface area contributed by atoms with Gasteiger partial charge in [-0.25, -0.2) is 0 Å². The Morgan fingerprint density at radius 2 is 1.66 bits per heavy atom. The van der Waals surface area contributed by atoms with Gasteiger partial charge in [0.25, 0.3) is 0 Å². The van der Waals surface area contributed by atoms with E-state index in [0.717, 1.165) is 38.8 Å². The molecule has 0 aliphatic heterocycles. The minimum atomic E-state index is -0.707. The molecule has 0 unspecified atom stereocenters. The number of nitrogens with zero attached hydrogens (tertiary/aromatic N) is 7. The van der Waals surface area contributed by atoms with Crippen LogP contribution >= 0.6 is 0 Å². The molecule has 5 rings (SSSR count). The Bertz CT molecular complexity index is 1740. The molecule has 0 saturated heterocycles. The lowest BCUT2D eigenvalue weighted by atomic mass is 9.91. The molecule has 5 aromatic rings. The minimum absolute atomic E-state index is 0.464. The van der Waals surface area contributed by atoms with Gasteiger partial charge < -0.3 is 4.57 Å². The van der Waals surface area contributed by atoms with E-state index in [2.05, 4.69) is 64.4 Å². The summed E-state index contributed by atoms with van der Waals surface area (Å²) in [6, 6.07) is 20.7. The Morgan fingerprint density at radius 3 is 2.31 bits per heavy atom. The zero-order chi connectivity index (χ0) is 24.7. The Balaban J connectivity index is 1.84. The van der Waals surface area contributed by atoms with Crippen molar-refractivity contribution in [3.05, 3.63) is 83.9 Å². The van der Waals surface area contributed by atoms with E-state index in [1.165, 1.54) is 5.56 Å². The molecule has 3 aromatic heterocycles. The maximum atomic E-state index is 9.49. The molecular weight excluding hydrogens is 434 g/mol. The number of rotatable bonds is 3. The van der Waals surface area contributed by atoms with E-state index < -0.39 is 5.41 Å². The van der Waals surface area contributed by atoms with Crippen molar-refractivity contribution in [3.63, 3.8) is 0 Å². The normalized spacial score (nSPS) is 12.1. The lowest BCUT2D eigenvalue weighted by Gasteiger charge is -2.15. The smallest absolute Gasteiger partial charge is 0.226 e. The first-order chi connectivity index (χ1) is 16.8. The fraction of sp³-hybridized carbons (Fsp3) is 0.179. The van der Waals surface area contributed by atoms with E-state index in [4.69, 9.17) is 0 Å². The number of fused-ring (bicyclic) bond motifs is 3. The van der Waals surface area contributed by atoms with E-state index in [1.807, 2.05) is 54.4 Å². The largest absolute Gasteiger partial charge is 0.311 e. The number of hydrogen-bond donors (Lipinski definition) is 0. The molecule has 0 amide bonds. The second-order valence-electron chi connectivity index (χ2n) is 9.13. The van der Waals surface area contributed by atoms with Crippen LogP contribution in [0, 0.1) is 29.7 Å². The van der Waals surface area contributed by atoms with Crippen molar-refractivity contribution in [2.45, 2.75) is 26.2 Å². The van der Waals surface area contributed by atoms with Crippen molar-refractivity contribution < 1.29 is 0 Å². The molecule has 0 saturated carbocycles. The van der Waals surface area contributed by atoms with Gasteiger partial charge in [-0.1, -0.05) is 35.9 Å². The summed E-state index contributed by atoms with van der Waals surface area (Å²) < 4.78 is 3.79. The third kappa shape index (κ3) is 3.64. The Labute approximate surface area is 202 Å². The highest BCUT2D eigenvalue weighted by Crippen LogP contribution is 2.30. The number of nitriles is 2. The average Bonchev–Trinajstić information content (AvgIpc) is 3.16. The molecule has 0 radical (unpaired) electrons. The van der Waals surface area contributed by atoms with Gasteiger partial charge in [-0.05, 0) is 56.2 Å². The molecule has 0 spiro atoms. The molecular formula is C28H23N7. The van der Waals surface area contributed by atoms with Crippen LogP contribution in [0.5, 0.6) is 0 Å². The van der Waals surface area contributed by atoms with Crippen LogP contribution in [0.3, 0.4) is 0 Å². The molecule has 170 valence electrons. The number of aryl methyl sites for hydroxylation is 2. The molecule has 0 N–H and O–H groups in total. The zero-order valence-electron chi connectivity index (χ0n) is 20.0. The highest BCUT2D eigenvalue weighted by Gasteiger charge is 2.22. The predicted molar refractivity (Wildman–Crippen MR) is 135 cm³/mol. The quantitative estimate of drug-likeness (QED) is 0.353. The molecule has 0 fully saturated rings. The SMILES string of the molecule is Cc1ccc(-c2ccc3ncc4c(c3c2)n(-c2ccc(C(C)(C)C#N)nc2)c(=NC#N)n4C)cc1. The number of aromatic nitrogens is 4. The first-order valence-corrected chi connectivity index (χ1v) is 11.2. The van der Waals surface area contributed by atoms with Crippen LogP contribution in [-0.4, -0.2) is 19.1 Å². The van der Waals surface area contributed by atoms with Crippen molar-refractivity contribution >= 4 is 21.9 Å². The van der Waals surface area contributed by atoms with Crippen molar-refractivity contribution in [1.29, 1.82) is 10.5 Å². The van der Waals surface area contributed by atoms with Gasteiger partial charge in [0.2, 0.25) is 11.8 Å². The summed E-state index contributed by atoms with van der Waals surface area (Å²) >= 11 is 0. The van der Waals surface area contributed by atoms with Gasteiger partial charge in [0, 0.05) is 12.4 Å². The van der Waals surface area contributed by atoms with Crippen molar-refractivity contribution in [1.82, 2.24) is 19.1 Å². The van der Waals surface area contributed by atoms with Crippen LogP contribution in [0.1, 0.15) is 25.1 Å². The molecule has 0 aliphatic rings. The summed E-state index contributed by atoms with van der Waals surface area (Å²) in [5.41, 5.74) is 7.14. The summed E-state index contributed by atoms with van der Waals surface area (Å²) in [6.07, 6.45) is 5.46. The summed E-state index contributed by atoms with van der Waals surface area (Å²) in [6.45, 7) is 5.74. The first kappa shape index (κ1) is 22.1. The van der Waals surface area contributed by atoms with Crippen LogP contribution in [0.25, 0.3) is 38.8 Å². The highest BCUT2D eigenvalue weighted by molar-refractivity contribution is 6.04. The molecule has 35 heavy (non-hydrogen) atoms. The summed E-state index contributed by atoms with van der Waals surface area (Å²) in [5.74, 6) is 0. The monoisotopic (exact) mass is 457 g/mol. The third-order valence-corrected chi connectivity index (χ3v) is 6.37. The fourth-order valence-electron chi connectivity index (χ4n) is 4.29. The van der Waals surface area contributed by atoms with E-state index in [1.54, 1.807) is 12.4 Å². The number of hydrogen-bond acceptors (Lipinski definition) is 5. The van der Waals surface area contributed by atoms with E-state index >= 15 is 0 Å². The molecule has 7 heteroatoms. The maximum Gasteiger partial charge on any atom is 0.226 e. The second kappa shape index (κ2) is 8.23. The van der Waals surface area contributed by atoms with Crippen LogP contribution < -0.4 is 5.62 Å². The van der Waals surface area contributed by atoms with Crippen LogP contribution in [-0.2, 0) is 12.5 Å². The Hall–Kier alpha value is -4.75. The van der Waals surface area contributed by atoms with Crippen LogP contribution in [0.15, 0.2) is 72.0 Å². The van der Waals surface area contributed by atoms with Gasteiger partial charge in [-0.3, -0.25) is 14.5 Å². The van der Waals surface area contributed by atoms with Gasteiger partial charge in [-0.15, -0.1) is 4.99 Å². The van der Waals surface area contributed by atoms with Crippen LogP contribution in [0.4, 0.5) is 0 Å². The van der Waals surface area contributed by atoms with Crippen molar-refractivity contribution in [2.75, 3.05) is 0 Å². The van der Waals surface area contributed by atoms with Crippen LogP contribution in [0.2, 0.25) is 0 Å². The van der Waals surface area contributed by atoms with Gasteiger partial charge in [-0.2, -0.15) is 10.5 Å². The Kier molecular flexibility index (Phi) is 5.19. The molecule has 0 atom stereocenters. The Morgan fingerprint density at radius 1 is 0.914 bits per heavy atom. The number of pyridine rings is 2. The van der Waals surface area contributed by atoms with E-state index in [9.17, 15) is 10.5 Å². The second-order valence-corrected chi connectivity index (χ2v) is 9.13. The summed E-state index contributed by atoms with van der Waals surface area (Å²) in [4.78, 5) is 13.4. The van der Waals surface area contributed by atoms with E-state index in [0.29, 0.717) is 11.3 Å². The summed E-state index contributed by atoms with van der Waals surface area (Å²) in [5, 5.41) is 19.9. The maximum absolute atomic E-state index is 9.49. The first-order valence-electron chi connectivity index (χ1n) is 11.2. The van der Waals surface area contributed by atoms with Gasteiger partial charge in [0.15, 0.2) is 0 Å². The minimum Gasteiger partial charge on any atom is -0.311 e. The number of benzene rings is 2. The fourth-order valence-corrected chi connectivity index (χ4v) is 4.29. The molecule has 3 heterocycles. The van der Waals surface area contributed by atoms with Gasteiger partial charge >= 0.3 is 0 Å². The van der Waals surface area contributed by atoms with Crippen molar-refractivity contribution in [3.8, 4) is 29.1 Å². The van der Waals surface area contributed by atoms with Crippen molar-refractivity contribution in [2.24, 2.45) is 12.0 Å². The van der Waals surface area contributed by atoms with Gasteiger partial charge in [0.05, 0.1) is 51.8 Å². The highest BCUT2D eigenvalue weighted by atomic mass is 15.2. The lowest BCUT2D eigenvalue weighted by molar-refractivity contribution is 0.658. The molecule has 2 aromatic carbocycles. The summed E-state index contributed by atoms with van der Waals surface area (Å²) in [7, 11) is 1.87. The van der Waals surface area contributed by atoms with Gasteiger partial charge in [0.1, 0.15) is 0 Å². The zero-order valence-corrected chi connectivity index (χ0v) is 20.0. The van der Waals surface area contributed by atoms with E-state index in [-0.39, 0.29) is 0 Å². The molecule has 0 aliphatic carbocycles.